The third-order valence-electron chi connectivity index (χ3n) is 3.17. The first-order valence-corrected chi connectivity index (χ1v) is 5.74. The molecule has 0 aromatic heterocycles. The van der Waals surface area contributed by atoms with Gasteiger partial charge in [-0.3, -0.25) is 0 Å². The summed E-state index contributed by atoms with van der Waals surface area (Å²) in [6.07, 6.45) is 0. The summed E-state index contributed by atoms with van der Waals surface area (Å²) in [4.78, 5) is 1.30. The van der Waals surface area contributed by atoms with Crippen LogP contribution in [-0.2, 0) is 0 Å². The lowest BCUT2D eigenvalue weighted by atomic mass is 10.1. The van der Waals surface area contributed by atoms with Crippen LogP contribution in [0.25, 0.3) is 0 Å². The fraction of sp³-hybridized carbons (Fsp3) is 0.143. The summed E-state index contributed by atoms with van der Waals surface area (Å²) in [5.74, 6) is -5.46. The SMILES string of the molecule is Fc1cc(F)c(F)c(N2CC2c2ccccc2)c1F. The van der Waals surface area contributed by atoms with Crippen LogP contribution in [0.1, 0.15) is 11.6 Å². The zero-order chi connectivity index (χ0) is 13.6. The van der Waals surface area contributed by atoms with Crippen LogP contribution < -0.4 is 4.90 Å². The second-order valence-corrected chi connectivity index (χ2v) is 4.40. The molecule has 1 unspecified atom stereocenters. The molecule has 3 rings (SSSR count). The highest BCUT2D eigenvalue weighted by molar-refractivity contribution is 5.58. The van der Waals surface area contributed by atoms with Gasteiger partial charge in [-0.05, 0) is 5.56 Å². The van der Waals surface area contributed by atoms with Crippen molar-refractivity contribution >= 4 is 5.69 Å². The van der Waals surface area contributed by atoms with Crippen LogP contribution in [0.15, 0.2) is 36.4 Å². The molecule has 1 aliphatic rings. The van der Waals surface area contributed by atoms with Crippen LogP contribution in [0.3, 0.4) is 0 Å². The van der Waals surface area contributed by atoms with Gasteiger partial charge in [-0.15, -0.1) is 0 Å². The van der Waals surface area contributed by atoms with Crippen molar-refractivity contribution in [1.82, 2.24) is 0 Å². The molecule has 0 saturated carbocycles. The molecule has 0 spiro atoms. The third-order valence-corrected chi connectivity index (χ3v) is 3.17. The molecule has 0 bridgehead atoms. The maximum Gasteiger partial charge on any atom is 0.185 e. The first kappa shape index (κ1) is 12.0. The Kier molecular flexibility index (Phi) is 2.69. The van der Waals surface area contributed by atoms with E-state index in [2.05, 4.69) is 0 Å². The molecule has 1 aliphatic heterocycles. The van der Waals surface area contributed by atoms with Crippen molar-refractivity contribution in [3.8, 4) is 0 Å². The highest BCUT2D eigenvalue weighted by atomic mass is 19.2. The van der Waals surface area contributed by atoms with Gasteiger partial charge in [0.2, 0.25) is 0 Å². The fourth-order valence-electron chi connectivity index (χ4n) is 2.16. The van der Waals surface area contributed by atoms with Crippen molar-refractivity contribution in [2.45, 2.75) is 6.04 Å². The van der Waals surface area contributed by atoms with E-state index in [0.717, 1.165) is 5.56 Å². The lowest BCUT2D eigenvalue weighted by Crippen LogP contribution is -2.05. The summed E-state index contributed by atoms with van der Waals surface area (Å²) in [5, 5.41) is 0. The molecule has 98 valence electrons. The molecule has 19 heavy (non-hydrogen) atoms. The molecule has 0 aliphatic carbocycles. The molecular weight excluding hydrogens is 258 g/mol. The number of anilines is 1. The zero-order valence-electron chi connectivity index (χ0n) is 9.71. The molecule has 0 radical (unpaired) electrons. The lowest BCUT2D eigenvalue weighted by Gasteiger charge is -2.10. The molecule has 0 amide bonds. The number of nitrogens with zero attached hydrogens (tertiary/aromatic N) is 1. The molecule has 5 heteroatoms. The van der Waals surface area contributed by atoms with E-state index in [0.29, 0.717) is 6.54 Å². The predicted molar refractivity (Wildman–Crippen MR) is 62.8 cm³/mol. The highest BCUT2D eigenvalue weighted by Gasteiger charge is 2.40. The van der Waals surface area contributed by atoms with Gasteiger partial charge in [0.1, 0.15) is 5.69 Å². The van der Waals surface area contributed by atoms with Crippen LogP contribution in [0.2, 0.25) is 0 Å². The summed E-state index contributed by atoms with van der Waals surface area (Å²) in [6, 6.07) is 8.99. The Balaban J connectivity index is 1.98. The Labute approximate surface area is 107 Å². The van der Waals surface area contributed by atoms with E-state index >= 15 is 0 Å². The normalized spacial score (nSPS) is 17.7. The van der Waals surface area contributed by atoms with Crippen LogP contribution >= 0.6 is 0 Å². The van der Waals surface area contributed by atoms with Crippen molar-refractivity contribution in [3.05, 3.63) is 65.2 Å². The Morgan fingerprint density at radius 1 is 0.895 bits per heavy atom. The molecule has 0 N–H and O–H groups in total. The number of hydrogen-bond donors (Lipinski definition) is 0. The largest absolute Gasteiger partial charge is 0.355 e. The van der Waals surface area contributed by atoms with Gasteiger partial charge in [0.05, 0.1) is 6.04 Å². The minimum absolute atomic E-state index is 0.217. The van der Waals surface area contributed by atoms with Gasteiger partial charge in [-0.2, -0.15) is 0 Å². The fourth-order valence-corrected chi connectivity index (χ4v) is 2.16. The minimum Gasteiger partial charge on any atom is -0.355 e. The second kappa shape index (κ2) is 4.26. The number of hydrogen-bond acceptors (Lipinski definition) is 1. The lowest BCUT2D eigenvalue weighted by molar-refractivity contribution is 0.456. The molecule has 2 aromatic carbocycles. The standard InChI is InChI=1S/C14H9F4N/c15-9-6-10(16)13(18)14(12(9)17)19-7-11(19)8-4-2-1-3-5-8/h1-6,11H,7H2. The number of halogens is 4. The van der Waals surface area contributed by atoms with Gasteiger partial charge >= 0.3 is 0 Å². The van der Waals surface area contributed by atoms with Gasteiger partial charge in [0.15, 0.2) is 23.3 Å². The van der Waals surface area contributed by atoms with Crippen LogP contribution in [0.4, 0.5) is 23.2 Å². The summed E-state index contributed by atoms with van der Waals surface area (Å²) in [7, 11) is 0. The van der Waals surface area contributed by atoms with E-state index in [1.54, 1.807) is 24.3 Å². The average molecular weight is 267 g/mol. The van der Waals surface area contributed by atoms with Crippen LogP contribution in [-0.4, -0.2) is 6.54 Å². The van der Waals surface area contributed by atoms with E-state index in [-0.39, 0.29) is 12.1 Å². The molecule has 1 fully saturated rings. The Hall–Kier alpha value is -2.04. The van der Waals surface area contributed by atoms with Gasteiger partial charge in [0.25, 0.3) is 0 Å². The first-order valence-electron chi connectivity index (χ1n) is 5.74. The van der Waals surface area contributed by atoms with Crippen LogP contribution in [0.5, 0.6) is 0 Å². The zero-order valence-corrected chi connectivity index (χ0v) is 9.71. The predicted octanol–water partition coefficient (Wildman–Crippen LogP) is 3.80. The molecular formula is C14H9F4N. The summed E-state index contributed by atoms with van der Waals surface area (Å²) < 4.78 is 53.5. The molecule has 1 heterocycles. The summed E-state index contributed by atoms with van der Waals surface area (Å²) >= 11 is 0. The maximum absolute atomic E-state index is 13.6. The maximum atomic E-state index is 13.6. The molecule has 1 atom stereocenters. The van der Waals surface area contributed by atoms with Gasteiger partial charge in [0, 0.05) is 12.6 Å². The molecule has 2 aromatic rings. The summed E-state index contributed by atoms with van der Waals surface area (Å²) in [5.41, 5.74) is 0.220. The van der Waals surface area contributed by atoms with E-state index in [1.807, 2.05) is 6.07 Å². The van der Waals surface area contributed by atoms with E-state index in [1.165, 1.54) is 4.90 Å². The Morgan fingerprint density at radius 2 is 1.47 bits per heavy atom. The topological polar surface area (TPSA) is 3.01 Å². The minimum atomic E-state index is -1.38. The second-order valence-electron chi connectivity index (χ2n) is 4.40. The van der Waals surface area contributed by atoms with Gasteiger partial charge < -0.3 is 4.90 Å². The van der Waals surface area contributed by atoms with E-state index in [9.17, 15) is 17.6 Å². The van der Waals surface area contributed by atoms with Gasteiger partial charge in [-0.1, -0.05) is 30.3 Å². The van der Waals surface area contributed by atoms with Crippen molar-refractivity contribution in [3.63, 3.8) is 0 Å². The van der Waals surface area contributed by atoms with Crippen molar-refractivity contribution < 1.29 is 17.6 Å². The van der Waals surface area contributed by atoms with E-state index < -0.39 is 29.0 Å². The van der Waals surface area contributed by atoms with Crippen molar-refractivity contribution in [2.24, 2.45) is 0 Å². The monoisotopic (exact) mass is 267 g/mol. The smallest absolute Gasteiger partial charge is 0.185 e. The number of rotatable bonds is 2. The molecule has 1 nitrogen and oxygen atoms in total. The van der Waals surface area contributed by atoms with Crippen molar-refractivity contribution in [1.29, 1.82) is 0 Å². The van der Waals surface area contributed by atoms with E-state index in [4.69, 9.17) is 0 Å². The Morgan fingerprint density at radius 3 is 2.05 bits per heavy atom. The van der Waals surface area contributed by atoms with Gasteiger partial charge in [-0.25, -0.2) is 17.6 Å². The average Bonchev–Trinajstić information content (AvgIpc) is 3.18. The molecule has 1 saturated heterocycles. The highest BCUT2D eigenvalue weighted by Crippen LogP contribution is 2.43. The third kappa shape index (κ3) is 1.95. The van der Waals surface area contributed by atoms with Crippen molar-refractivity contribution in [2.75, 3.05) is 11.4 Å². The summed E-state index contributed by atoms with van der Waals surface area (Å²) in [6.45, 7) is 0.334. The first-order chi connectivity index (χ1) is 9.09. The number of benzene rings is 2. The quantitative estimate of drug-likeness (QED) is 0.454. The van der Waals surface area contributed by atoms with Crippen LogP contribution in [0, 0.1) is 23.3 Å². The Bertz CT molecular complexity index is 601.